The largest absolute Gasteiger partial charge is 0.478 e. The Bertz CT molecular complexity index is 328. The average Bonchev–Trinajstić information content (AvgIpc) is 2.12. The lowest BCUT2D eigenvalue weighted by Crippen LogP contribution is -2.42. The maximum Gasteiger partial charge on any atom is 0.407 e. The van der Waals surface area contributed by atoms with Crippen LogP contribution in [0.15, 0.2) is 12.2 Å². The molecule has 5 heteroatoms. The van der Waals surface area contributed by atoms with E-state index in [0.717, 1.165) is 0 Å². The average molecular weight is 257 g/mol. The van der Waals surface area contributed by atoms with Gasteiger partial charge in [0.1, 0.15) is 5.60 Å². The second-order valence-corrected chi connectivity index (χ2v) is 5.61. The molecule has 0 aromatic heterocycles. The highest BCUT2D eigenvalue weighted by atomic mass is 16.6. The van der Waals surface area contributed by atoms with Crippen molar-refractivity contribution in [3.63, 3.8) is 0 Å². The second kappa shape index (κ2) is 6.42. The van der Waals surface area contributed by atoms with Crippen LogP contribution in [-0.4, -0.2) is 28.8 Å². The summed E-state index contributed by atoms with van der Waals surface area (Å²) < 4.78 is 5.13. The molecule has 18 heavy (non-hydrogen) atoms. The van der Waals surface area contributed by atoms with Crippen LogP contribution >= 0.6 is 0 Å². The number of aliphatic carboxylic acids is 1. The zero-order chi connectivity index (χ0) is 14.5. The molecule has 104 valence electrons. The molecule has 0 saturated heterocycles. The Morgan fingerprint density at radius 2 is 1.83 bits per heavy atom. The van der Waals surface area contributed by atoms with Gasteiger partial charge in [0.15, 0.2) is 0 Å². The Morgan fingerprint density at radius 3 is 2.17 bits per heavy atom. The van der Waals surface area contributed by atoms with Crippen molar-refractivity contribution in [1.29, 1.82) is 0 Å². The summed E-state index contributed by atoms with van der Waals surface area (Å²) in [7, 11) is 0. The maximum absolute atomic E-state index is 11.6. The van der Waals surface area contributed by atoms with Gasteiger partial charge in [-0.25, -0.2) is 9.59 Å². The van der Waals surface area contributed by atoms with E-state index in [2.05, 4.69) is 11.9 Å². The van der Waals surface area contributed by atoms with E-state index in [1.807, 2.05) is 13.8 Å². The minimum absolute atomic E-state index is 0.0739. The number of hydrogen-bond donors (Lipinski definition) is 2. The highest BCUT2D eigenvalue weighted by Gasteiger charge is 2.23. The van der Waals surface area contributed by atoms with Crippen molar-refractivity contribution in [2.24, 2.45) is 5.92 Å². The van der Waals surface area contributed by atoms with Crippen molar-refractivity contribution in [2.45, 2.75) is 52.7 Å². The smallest absolute Gasteiger partial charge is 0.407 e. The molecule has 0 saturated carbocycles. The quantitative estimate of drug-likeness (QED) is 0.742. The summed E-state index contributed by atoms with van der Waals surface area (Å²) >= 11 is 0. The van der Waals surface area contributed by atoms with Gasteiger partial charge in [-0.2, -0.15) is 0 Å². The maximum atomic E-state index is 11.6. The number of hydrogen-bond acceptors (Lipinski definition) is 3. The Morgan fingerprint density at radius 1 is 1.33 bits per heavy atom. The first-order chi connectivity index (χ1) is 8.03. The molecule has 0 aliphatic carbocycles. The molecule has 0 spiro atoms. The Hall–Kier alpha value is -1.52. The topological polar surface area (TPSA) is 75.6 Å². The fraction of sp³-hybridized carbons (Fsp3) is 0.692. The highest BCUT2D eigenvalue weighted by molar-refractivity contribution is 5.85. The third kappa shape index (κ3) is 6.93. The molecule has 0 aliphatic heterocycles. The lowest BCUT2D eigenvalue weighted by atomic mass is 9.97. The SMILES string of the molecule is C=C(C[C@@H](NC(=O)OC(C)(C)C)C(C)C)C(=O)O. The molecule has 2 N–H and O–H groups in total. The molecule has 0 heterocycles. The predicted molar refractivity (Wildman–Crippen MR) is 69.4 cm³/mol. The van der Waals surface area contributed by atoms with Gasteiger partial charge in [-0.1, -0.05) is 20.4 Å². The van der Waals surface area contributed by atoms with E-state index in [4.69, 9.17) is 9.84 Å². The van der Waals surface area contributed by atoms with Gasteiger partial charge in [0, 0.05) is 11.6 Å². The minimum atomic E-state index is -1.05. The molecule has 0 aromatic carbocycles. The summed E-state index contributed by atoms with van der Waals surface area (Å²) in [5, 5.41) is 11.5. The van der Waals surface area contributed by atoms with E-state index in [1.165, 1.54) is 0 Å². The van der Waals surface area contributed by atoms with Crippen LogP contribution in [0.5, 0.6) is 0 Å². The fourth-order valence-corrected chi connectivity index (χ4v) is 1.27. The number of carbonyl (C=O) groups is 2. The van der Waals surface area contributed by atoms with E-state index in [9.17, 15) is 9.59 Å². The van der Waals surface area contributed by atoms with Crippen LogP contribution < -0.4 is 5.32 Å². The molecule has 0 aromatic rings. The molecule has 1 atom stereocenters. The first-order valence-electron chi connectivity index (χ1n) is 5.93. The lowest BCUT2D eigenvalue weighted by Gasteiger charge is -2.25. The molecule has 5 nitrogen and oxygen atoms in total. The van der Waals surface area contributed by atoms with Gasteiger partial charge in [-0.05, 0) is 33.1 Å². The molecule has 0 rings (SSSR count). The summed E-state index contributed by atoms with van der Waals surface area (Å²) in [6, 6.07) is -0.302. The summed E-state index contributed by atoms with van der Waals surface area (Å²) in [4.78, 5) is 22.3. The van der Waals surface area contributed by atoms with Crippen LogP contribution in [0.3, 0.4) is 0 Å². The monoisotopic (exact) mass is 257 g/mol. The van der Waals surface area contributed by atoms with Gasteiger partial charge in [-0.15, -0.1) is 0 Å². The Balaban J connectivity index is 4.50. The van der Waals surface area contributed by atoms with E-state index < -0.39 is 17.7 Å². The predicted octanol–water partition coefficient (Wildman–Crippen LogP) is 2.57. The highest BCUT2D eigenvalue weighted by Crippen LogP contribution is 2.13. The van der Waals surface area contributed by atoms with Crippen molar-refractivity contribution in [3.05, 3.63) is 12.2 Å². The fourth-order valence-electron chi connectivity index (χ4n) is 1.27. The normalized spacial score (nSPS) is 13.0. The van der Waals surface area contributed by atoms with Crippen LogP contribution in [-0.2, 0) is 9.53 Å². The molecule has 1 amide bonds. The van der Waals surface area contributed by atoms with Crippen molar-refractivity contribution in [1.82, 2.24) is 5.32 Å². The molecule has 0 fully saturated rings. The van der Waals surface area contributed by atoms with Gasteiger partial charge in [0.2, 0.25) is 0 Å². The van der Waals surface area contributed by atoms with Crippen LogP contribution in [0.1, 0.15) is 41.0 Å². The van der Waals surface area contributed by atoms with Gasteiger partial charge < -0.3 is 15.2 Å². The Labute approximate surface area is 108 Å². The molecule has 0 radical (unpaired) electrons. The third-order valence-electron chi connectivity index (χ3n) is 2.28. The lowest BCUT2D eigenvalue weighted by molar-refractivity contribution is -0.132. The number of carboxylic acids is 1. The van der Waals surface area contributed by atoms with E-state index in [0.29, 0.717) is 0 Å². The number of amides is 1. The number of rotatable bonds is 5. The summed E-state index contributed by atoms with van der Waals surface area (Å²) in [6.07, 6.45) is -0.342. The van der Waals surface area contributed by atoms with Gasteiger partial charge in [-0.3, -0.25) is 0 Å². The third-order valence-corrected chi connectivity index (χ3v) is 2.28. The number of ether oxygens (including phenoxy) is 1. The summed E-state index contributed by atoms with van der Waals surface area (Å²) in [6.45, 7) is 12.6. The van der Waals surface area contributed by atoms with Crippen molar-refractivity contribution < 1.29 is 19.4 Å². The van der Waals surface area contributed by atoms with Crippen LogP contribution in [0.4, 0.5) is 4.79 Å². The minimum Gasteiger partial charge on any atom is -0.478 e. The van der Waals surface area contributed by atoms with Crippen LogP contribution in [0, 0.1) is 5.92 Å². The van der Waals surface area contributed by atoms with Crippen molar-refractivity contribution in [3.8, 4) is 0 Å². The zero-order valence-electron chi connectivity index (χ0n) is 11.7. The summed E-state index contributed by atoms with van der Waals surface area (Å²) in [5.74, 6) is -0.958. The Kier molecular flexibility index (Phi) is 5.88. The first-order valence-corrected chi connectivity index (χ1v) is 5.93. The standard InChI is InChI=1S/C13H23NO4/c1-8(2)10(7-9(3)11(15)16)14-12(17)18-13(4,5)6/h8,10H,3,7H2,1-2,4-6H3,(H,14,17)(H,15,16)/t10-/m1/s1. The number of carbonyl (C=O) groups excluding carboxylic acids is 1. The van der Waals surface area contributed by atoms with E-state index >= 15 is 0 Å². The van der Waals surface area contributed by atoms with E-state index in [-0.39, 0.29) is 24.0 Å². The van der Waals surface area contributed by atoms with Gasteiger partial charge >= 0.3 is 12.1 Å². The van der Waals surface area contributed by atoms with Crippen LogP contribution in [0.25, 0.3) is 0 Å². The molecular weight excluding hydrogens is 234 g/mol. The first kappa shape index (κ1) is 16.5. The van der Waals surface area contributed by atoms with Gasteiger partial charge in [0.05, 0.1) is 0 Å². The zero-order valence-corrected chi connectivity index (χ0v) is 11.7. The van der Waals surface area contributed by atoms with E-state index in [1.54, 1.807) is 20.8 Å². The molecule has 0 aliphatic rings. The molecule has 0 bridgehead atoms. The molecule has 0 unspecified atom stereocenters. The summed E-state index contributed by atoms with van der Waals surface area (Å²) in [5.41, 5.74) is -0.500. The van der Waals surface area contributed by atoms with Crippen molar-refractivity contribution >= 4 is 12.1 Å². The molecular formula is C13H23NO4. The second-order valence-electron chi connectivity index (χ2n) is 5.61. The van der Waals surface area contributed by atoms with Crippen molar-refractivity contribution in [2.75, 3.05) is 0 Å². The van der Waals surface area contributed by atoms with Crippen LogP contribution in [0.2, 0.25) is 0 Å². The number of nitrogens with one attached hydrogen (secondary N) is 1. The number of carboxylic acid groups (broad SMARTS) is 1. The number of alkyl carbamates (subject to hydrolysis) is 1. The van der Waals surface area contributed by atoms with Gasteiger partial charge in [0.25, 0.3) is 0 Å².